The molecule has 1 saturated carbocycles. The first-order valence-electron chi connectivity index (χ1n) is 10.4. The van der Waals surface area contributed by atoms with Gasteiger partial charge in [0.15, 0.2) is 5.82 Å². The van der Waals surface area contributed by atoms with Crippen LogP contribution in [0.4, 0.5) is 17.5 Å². The van der Waals surface area contributed by atoms with E-state index >= 15 is 0 Å². The lowest BCUT2D eigenvalue weighted by Crippen LogP contribution is -2.48. The van der Waals surface area contributed by atoms with E-state index in [0.717, 1.165) is 49.0 Å². The molecule has 1 spiro atoms. The van der Waals surface area contributed by atoms with Gasteiger partial charge in [-0.3, -0.25) is 0 Å². The minimum Gasteiger partial charge on any atom is -0.382 e. The molecule has 3 heterocycles. The smallest absolute Gasteiger partial charge is 0.158 e. The normalized spacial score (nSPS) is 22.3. The zero-order valence-corrected chi connectivity index (χ0v) is 19.5. The molecule has 1 aliphatic heterocycles. The van der Waals surface area contributed by atoms with E-state index in [2.05, 4.69) is 25.9 Å². The Balaban J connectivity index is 0.00000231. The van der Waals surface area contributed by atoms with E-state index in [4.69, 9.17) is 28.8 Å². The lowest BCUT2D eigenvalue weighted by Gasteiger charge is -2.43. The molecule has 1 saturated heterocycles. The molecule has 2 aliphatic carbocycles. The second-order valence-corrected chi connectivity index (χ2v) is 9.95. The molecule has 10 heteroatoms. The van der Waals surface area contributed by atoms with Gasteiger partial charge in [-0.15, -0.1) is 12.4 Å². The van der Waals surface area contributed by atoms with E-state index in [-0.39, 0.29) is 29.7 Å². The summed E-state index contributed by atoms with van der Waals surface area (Å²) in [7, 11) is 0. The Morgan fingerprint density at radius 1 is 1.13 bits per heavy atom. The molecule has 3 aliphatic rings. The van der Waals surface area contributed by atoms with Gasteiger partial charge in [-0.05, 0) is 49.5 Å². The Kier molecular flexibility index (Phi) is 6.27. The number of pyridine rings is 1. The van der Waals surface area contributed by atoms with Crippen LogP contribution in [-0.2, 0) is 0 Å². The maximum Gasteiger partial charge on any atom is 0.158 e. The fourth-order valence-electron chi connectivity index (χ4n) is 4.70. The topological polar surface area (TPSA) is 120 Å². The maximum absolute atomic E-state index is 6.69. The lowest BCUT2D eigenvalue weighted by molar-refractivity contribution is 0.203. The van der Waals surface area contributed by atoms with Gasteiger partial charge in [0, 0.05) is 30.2 Å². The van der Waals surface area contributed by atoms with Crippen LogP contribution in [-0.4, -0.2) is 34.1 Å². The van der Waals surface area contributed by atoms with Gasteiger partial charge in [0.1, 0.15) is 16.7 Å². The molecule has 1 unspecified atom stereocenters. The van der Waals surface area contributed by atoms with E-state index in [1.165, 1.54) is 30.2 Å². The lowest BCUT2D eigenvalue weighted by atomic mass is 9.72. The summed E-state index contributed by atoms with van der Waals surface area (Å²) in [5, 5.41) is 1.01. The number of nitrogen functional groups attached to an aromatic ring is 2. The van der Waals surface area contributed by atoms with Crippen LogP contribution in [0.3, 0.4) is 0 Å². The van der Waals surface area contributed by atoms with Crippen molar-refractivity contribution in [2.24, 2.45) is 17.1 Å². The molecule has 2 aromatic rings. The summed E-state index contributed by atoms with van der Waals surface area (Å²) in [6.45, 7) is 1.85. The predicted octanol–water partition coefficient (Wildman–Crippen LogP) is 3.92. The molecule has 2 aromatic heterocycles. The number of aromatic nitrogens is 3. The summed E-state index contributed by atoms with van der Waals surface area (Å²) in [5.41, 5.74) is 20.4. The van der Waals surface area contributed by atoms with E-state index < -0.39 is 0 Å². The maximum atomic E-state index is 6.69. The van der Waals surface area contributed by atoms with Crippen molar-refractivity contribution in [2.45, 2.75) is 48.1 Å². The van der Waals surface area contributed by atoms with Crippen LogP contribution >= 0.6 is 35.8 Å². The Morgan fingerprint density at radius 3 is 2.55 bits per heavy atom. The molecular formula is C21H27Cl2N7S. The van der Waals surface area contributed by atoms with Crippen LogP contribution in [0.5, 0.6) is 0 Å². The van der Waals surface area contributed by atoms with Crippen molar-refractivity contribution >= 4 is 53.2 Å². The monoisotopic (exact) mass is 479 g/mol. The van der Waals surface area contributed by atoms with Gasteiger partial charge in [0.25, 0.3) is 0 Å². The predicted molar refractivity (Wildman–Crippen MR) is 129 cm³/mol. The number of hydrogen-bond donors (Lipinski definition) is 3. The first kappa shape index (κ1) is 22.5. The van der Waals surface area contributed by atoms with Gasteiger partial charge >= 0.3 is 0 Å². The summed E-state index contributed by atoms with van der Waals surface area (Å²) < 4.78 is 0. The Hall–Kier alpha value is -1.74. The number of nitrogens with zero attached hydrogens (tertiary/aromatic N) is 4. The third kappa shape index (κ3) is 4.18. The Morgan fingerprint density at radius 2 is 1.87 bits per heavy atom. The molecule has 1 atom stereocenters. The molecule has 166 valence electrons. The quantitative estimate of drug-likeness (QED) is 0.564. The highest BCUT2D eigenvalue weighted by Crippen LogP contribution is 2.51. The van der Waals surface area contributed by atoms with E-state index in [0.29, 0.717) is 15.9 Å². The molecule has 0 aromatic carbocycles. The average molecular weight is 480 g/mol. The number of allylic oxidation sites excluding steroid dienone is 1. The molecule has 0 bridgehead atoms. The van der Waals surface area contributed by atoms with E-state index in [9.17, 15) is 0 Å². The van der Waals surface area contributed by atoms with Crippen LogP contribution in [0.1, 0.15) is 32.1 Å². The first-order chi connectivity index (χ1) is 14.5. The molecule has 2 fully saturated rings. The van der Waals surface area contributed by atoms with Gasteiger partial charge < -0.3 is 22.1 Å². The van der Waals surface area contributed by atoms with Crippen LogP contribution in [0.15, 0.2) is 40.0 Å². The molecule has 7 nitrogen and oxygen atoms in total. The highest BCUT2D eigenvalue weighted by atomic mass is 35.5. The number of anilines is 3. The number of nitrogens with two attached hydrogens (primary N) is 3. The van der Waals surface area contributed by atoms with Gasteiger partial charge in [0.2, 0.25) is 0 Å². The fourth-order valence-corrected chi connectivity index (χ4v) is 5.71. The van der Waals surface area contributed by atoms with Crippen LogP contribution in [0.25, 0.3) is 0 Å². The standard InChI is InChI=1S/C21H26ClN7S.ClH/c22-16-14(4-8-26-18(16)24)30-20-19(25)28-15(11-27-20)29-9-6-21(7-10-29)5-3-13(17(21)23)12-1-2-12;/h3-4,8,11-12,17H,1-2,5-7,9-10,23H2,(H2,24,26)(H2,25,28);1H. The third-order valence-corrected chi connectivity index (χ3v) is 8.31. The van der Waals surface area contributed by atoms with Gasteiger partial charge in [0.05, 0.1) is 11.2 Å². The van der Waals surface area contributed by atoms with Crippen LogP contribution in [0.2, 0.25) is 5.02 Å². The van der Waals surface area contributed by atoms with Crippen molar-refractivity contribution < 1.29 is 0 Å². The minimum absolute atomic E-state index is 0. The second kappa shape index (κ2) is 8.65. The van der Waals surface area contributed by atoms with E-state index in [1.807, 2.05) is 0 Å². The zero-order valence-electron chi connectivity index (χ0n) is 17.1. The molecule has 0 radical (unpaired) electrons. The van der Waals surface area contributed by atoms with Crippen molar-refractivity contribution in [3.05, 3.63) is 35.1 Å². The Labute approximate surface area is 197 Å². The third-order valence-electron chi connectivity index (χ3n) is 6.73. The summed E-state index contributed by atoms with van der Waals surface area (Å²) in [6, 6.07) is 2.01. The summed E-state index contributed by atoms with van der Waals surface area (Å²) in [6.07, 6.45) is 11.7. The number of piperidine rings is 1. The largest absolute Gasteiger partial charge is 0.382 e. The van der Waals surface area contributed by atoms with Crippen molar-refractivity contribution in [2.75, 3.05) is 29.5 Å². The van der Waals surface area contributed by atoms with E-state index in [1.54, 1.807) is 18.5 Å². The van der Waals surface area contributed by atoms with Crippen molar-refractivity contribution in [1.29, 1.82) is 0 Å². The molecule has 6 N–H and O–H groups in total. The average Bonchev–Trinajstić information content (AvgIpc) is 3.54. The minimum atomic E-state index is 0. The second-order valence-electron chi connectivity index (χ2n) is 8.54. The molecule has 0 amide bonds. The highest BCUT2D eigenvalue weighted by Gasteiger charge is 2.47. The number of rotatable bonds is 4. The fraction of sp³-hybridized carbons (Fsp3) is 0.476. The molecular weight excluding hydrogens is 453 g/mol. The van der Waals surface area contributed by atoms with Crippen molar-refractivity contribution in [3.63, 3.8) is 0 Å². The molecule has 5 rings (SSSR count). The summed E-state index contributed by atoms with van der Waals surface area (Å²) in [4.78, 5) is 16.2. The van der Waals surface area contributed by atoms with Crippen LogP contribution in [0, 0.1) is 11.3 Å². The van der Waals surface area contributed by atoms with Crippen LogP contribution < -0.4 is 22.1 Å². The zero-order chi connectivity index (χ0) is 20.9. The Bertz CT molecular complexity index is 1000. The van der Waals surface area contributed by atoms with Crippen molar-refractivity contribution in [3.8, 4) is 0 Å². The number of hydrogen-bond acceptors (Lipinski definition) is 8. The SMILES string of the molecule is Cl.Nc1nc(N2CCC3(CC=C(C4CC4)C3N)CC2)cnc1Sc1ccnc(N)c1Cl. The molecule has 31 heavy (non-hydrogen) atoms. The van der Waals surface area contributed by atoms with Gasteiger partial charge in [-0.2, -0.15) is 0 Å². The summed E-state index contributed by atoms with van der Waals surface area (Å²) in [5.74, 6) is 2.25. The first-order valence-corrected chi connectivity index (χ1v) is 11.6. The highest BCUT2D eigenvalue weighted by molar-refractivity contribution is 7.99. The van der Waals surface area contributed by atoms with Gasteiger partial charge in [-0.1, -0.05) is 35.0 Å². The summed E-state index contributed by atoms with van der Waals surface area (Å²) >= 11 is 7.58. The number of halogens is 2. The van der Waals surface area contributed by atoms with Crippen molar-refractivity contribution in [1.82, 2.24) is 15.0 Å². The van der Waals surface area contributed by atoms with Gasteiger partial charge in [-0.25, -0.2) is 15.0 Å².